The predicted octanol–water partition coefficient (Wildman–Crippen LogP) is 2.24. The maximum absolute atomic E-state index is 11.4. The number of halogens is 2. The van der Waals surface area contributed by atoms with E-state index in [4.69, 9.17) is 4.74 Å². The summed E-state index contributed by atoms with van der Waals surface area (Å²) in [6.07, 6.45) is 4.75. The van der Waals surface area contributed by atoms with Crippen molar-refractivity contribution in [3.05, 3.63) is 24.3 Å². The van der Waals surface area contributed by atoms with Gasteiger partial charge in [0.1, 0.15) is 11.2 Å². The summed E-state index contributed by atoms with van der Waals surface area (Å²) in [5.74, 6) is -0.303. The fourth-order valence-corrected chi connectivity index (χ4v) is 1.85. The van der Waals surface area contributed by atoms with Crippen LogP contribution in [0.25, 0.3) is 0 Å². The topological polar surface area (TPSA) is 52.1 Å². The first-order valence-corrected chi connectivity index (χ1v) is 6.19. The van der Waals surface area contributed by atoms with Crippen molar-refractivity contribution in [1.29, 1.82) is 0 Å². The maximum Gasteiger partial charge on any atom is 0.321 e. The fraction of sp³-hybridized carbons (Fsp3) is 0.444. The van der Waals surface area contributed by atoms with Gasteiger partial charge < -0.3 is 4.74 Å². The zero-order chi connectivity index (χ0) is 11.3. The van der Waals surface area contributed by atoms with Crippen molar-refractivity contribution < 1.29 is 9.53 Å². The predicted molar refractivity (Wildman–Crippen MR) is 63.0 cm³/mol. The van der Waals surface area contributed by atoms with Crippen molar-refractivity contribution in [3.8, 4) is 0 Å². The number of aromatic nitrogens is 2. The number of ether oxygens (including phenoxy) is 1. The van der Waals surface area contributed by atoms with Crippen molar-refractivity contribution >= 4 is 37.8 Å². The lowest BCUT2D eigenvalue weighted by molar-refractivity contribution is -0.142. The molecule has 15 heavy (non-hydrogen) atoms. The Bertz CT molecular complexity index is 321. The van der Waals surface area contributed by atoms with Crippen LogP contribution < -0.4 is 0 Å². The zero-order valence-electron chi connectivity index (χ0n) is 8.06. The van der Waals surface area contributed by atoms with Gasteiger partial charge in [0.15, 0.2) is 0 Å². The molecule has 0 saturated heterocycles. The SMILES string of the molecule is CCOC(=O)C(Br)C(Br)c1cncnc1. The van der Waals surface area contributed by atoms with E-state index >= 15 is 0 Å². The Morgan fingerprint density at radius 1 is 1.47 bits per heavy atom. The summed E-state index contributed by atoms with van der Waals surface area (Å²) >= 11 is 6.66. The Balaban J connectivity index is 2.68. The van der Waals surface area contributed by atoms with Crippen LogP contribution in [0.1, 0.15) is 17.3 Å². The first kappa shape index (κ1) is 12.6. The monoisotopic (exact) mass is 336 g/mol. The molecule has 6 heteroatoms. The quantitative estimate of drug-likeness (QED) is 0.624. The van der Waals surface area contributed by atoms with Crippen LogP contribution >= 0.6 is 31.9 Å². The molecule has 82 valence electrons. The molecule has 0 N–H and O–H groups in total. The van der Waals surface area contributed by atoms with Crippen LogP contribution in [0.3, 0.4) is 0 Å². The van der Waals surface area contributed by atoms with E-state index in [-0.39, 0.29) is 10.8 Å². The van der Waals surface area contributed by atoms with E-state index in [1.54, 1.807) is 19.3 Å². The van der Waals surface area contributed by atoms with E-state index in [0.29, 0.717) is 6.61 Å². The molecule has 2 unspecified atom stereocenters. The molecule has 2 atom stereocenters. The number of carbonyl (C=O) groups is 1. The summed E-state index contributed by atoms with van der Waals surface area (Å²) in [7, 11) is 0. The summed E-state index contributed by atoms with van der Waals surface area (Å²) in [5.41, 5.74) is 0.826. The van der Waals surface area contributed by atoms with Gasteiger partial charge >= 0.3 is 5.97 Å². The van der Waals surface area contributed by atoms with Crippen molar-refractivity contribution in [1.82, 2.24) is 9.97 Å². The summed E-state index contributed by atoms with van der Waals surface area (Å²) in [4.78, 5) is 18.5. The van der Waals surface area contributed by atoms with Crippen LogP contribution in [0.15, 0.2) is 18.7 Å². The number of esters is 1. The molecule has 1 aromatic heterocycles. The molecule has 0 spiro atoms. The lowest BCUT2D eigenvalue weighted by atomic mass is 10.2. The van der Waals surface area contributed by atoms with Gasteiger partial charge in [0.25, 0.3) is 0 Å². The third-order valence-electron chi connectivity index (χ3n) is 1.67. The minimum Gasteiger partial charge on any atom is -0.465 e. The van der Waals surface area contributed by atoms with Gasteiger partial charge in [0.05, 0.1) is 11.4 Å². The Labute approximate surface area is 105 Å². The molecule has 0 bridgehead atoms. The van der Waals surface area contributed by atoms with Gasteiger partial charge in [-0.25, -0.2) is 9.97 Å². The van der Waals surface area contributed by atoms with E-state index in [2.05, 4.69) is 41.8 Å². The maximum atomic E-state index is 11.4. The molecule has 0 amide bonds. The number of carbonyl (C=O) groups excluding carboxylic acids is 1. The van der Waals surface area contributed by atoms with Crippen LogP contribution in [-0.4, -0.2) is 27.4 Å². The van der Waals surface area contributed by atoms with Gasteiger partial charge in [-0.05, 0) is 6.92 Å². The average molecular weight is 338 g/mol. The van der Waals surface area contributed by atoms with E-state index in [1.807, 2.05) is 0 Å². The molecular formula is C9H10Br2N2O2. The Kier molecular flexibility index (Phi) is 5.17. The molecule has 1 aromatic rings. The third-order valence-corrected chi connectivity index (χ3v) is 4.34. The van der Waals surface area contributed by atoms with Crippen molar-refractivity contribution in [2.75, 3.05) is 6.61 Å². The average Bonchev–Trinajstić information content (AvgIpc) is 2.28. The highest BCUT2D eigenvalue weighted by atomic mass is 79.9. The summed E-state index contributed by atoms with van der Waals surface area (Å²) in [6.45, 7) is 2.14. The first-order chi connectivity index (χ1) is 7.16. The van der Waals surface area contributed by atoms with E-state index in [1.165, 1.54) is 6.33 Å². The number of hydrogen-bond acceptors (Lipinski definition) is 4. The summed E-state index contributed by atoms with van der Waals surface area (Å²) in [6, 6.07) is 0. The van der Waals surface area contributed by atoms with Gasteiger partial charge in [0, 0.05) is 18.0 Å². The zero-order valence-corrected chi connectivity index (χ0v) is 11.2. The fourth-order valence-electron chi connectivity index (χ4n) is 0.963. The second-order valence-corrected chi connectivity index (χ2v) is 4.70. The molecule has 0 aromatic carbocycles. The molecule has 0 aliphatic heterocycles. The first-order valence-electron chi connectivity index (χ1n) is 4.36. The minimum absolute atomic E-state index is 0.197. The third kappa shape index (κ3) is 3.53. The minimum atomic E-state index is -0.441. The molecule has 0 radical (unpaired) electrons. The van der Waals surface area contributed by atoms with Crippen LogP contribution in [-0.2, 0) is 9.53 Å². The summed E-state index contributed by atoms with van der Waals surface area (Å²) in [5, 5.41) is 0. The Hall–Kier alpha value is -0.490. The lowest BCUT2D eigenvalue weighted by Gasteiger charge is -2.14. The second kappa shape index (κ2) is 6.17. The number of nitrogens with zero attached hydrogens (tertiary/aromatic N) is 2. The number of hydrogen-bond donors (Lipinski definition) is 0. The van der Waals surface area contributed by atoms with Crippen molar-refractivity contribution in [2.24, 2.45) is 0 Å². The molecule has 0 aliphatic rings. The molecule has 0 fully saturated rings. The molecule has 1 rings (SSSR count). The highest BCUT2D eigenvalue weighted by Gasteiger charge is 2.26. The van der Waals surface area contributed by atoms with Gasteiger partial charge in [-0.15, -0.1) is 0 Å². The Morgan fingerprint density at radius 2 is 2.07 bits per heavy atom. The molecule has 0 saturated carbocycles. The number of rotatable bonds is 4. The molecule has 4 nitrogen and oxygen atoms in total. The van der Waals surface area contributed by atoms with Crippen LogP contribution in [0.2, 0.25) is 0 Å². The lowest BCUT2D eigenvalue weighted by Crippen LogP contribution is -2.21. The molecular weight excluding hydrogens is 328 g/mol. The second-order valence-electron chi connectivity index (χ2n) is 2.73. The Morgan fingerprint density at radius 3 is 2.60 bits per heavy atom. The van der Waals surface area contributed by atoms with Crippen LogP contribution in [0, 0.1) is 0 Å². The van der Waals surface area contributed by atoms with E-state index < -0.39 is 4.83 Å². The largest absolute Gasteiger partial charge is 0.465 e. The molecule has 1 heterocycles. The van der Waals surface area contributed by atoms with Gasteiger partial charge in [-0.3, -0.25) is 4.79 Å². The van der Waals surface area contributed by atoms with Crippen LogP contribution in [0.5, 0.6) is 0 Å². The van der Waals surface area contributed by atoms with Crippen LogP contribution in [0.4, 0.5) is 0 Å². The van der Waals surface area contributed by atoms with Gasteiger partial charge in [-0.1, -0.05) is 31.9 Å². The normalized spacial score (nSPS) is 14.3. The molecule has 0 aliphatic carbocycles. The highest BCUT2D eigenvalue weighted by molar-refractivity contribution is 9.12. The smallest absolute Gasteiger partial charge is 0.321 e. The van der Waals surface area contributed by atoms with Crippen molar-refractivity contribution in [3.63, 3.8) is 0 Å². The summed E-state index contributed by atoms with van der Waals surface area (Å²) < 4.78 is 4.89. The number of alkyl halides is 2. The van der Waals surface area contributed by atoms with E-state index in [0.717, 1.165) is 5.56 Å². The standard InChI is InChI=1S/C9H10Br2N2O2/c1-2-15-9(14)8(11)7(10)6-3-12-5-13-4-6/h3-5,7-8H,2H2,1H3. The van der Waals surface area contributed by atoms with Crippen molar-refractivity contribution in [2.45, 2.75) is 16.6 Å². The van der Waals surface area contributed by atoms with E-state index in [9.17, 15) is 4.79 Å². The highest BCUT2D eigenvalue weighted by Crippen LogP contribution is 2.30. The van der Waals surface area contributed by atoms with Gasteiger partial charge in [0.2, 0.25) is 0 Å². The van der Waals surface area contributed by atoms with Gasteiger partial charge in [-0.2, -0.15) is 0 Å².